The van der Waals surface area contributed by atoms with E-state index in [0.717, 1.165) is 0 Å². The minimum absolute atomic E-state index is 0.174. The summed E-state index contributed by atoms with van der Waals surface area (Å²) in [7, 11) is 0. The van der Waals surface area contributed by atoms with Crippen LogP contribution in [0, 0.1) is 0 Å². The summed E-state index contributed by atoms with van der Waals surface area (Å²) >= 11 is 0. The maximum Gasteiger partial charge on any atom is 0.308 e. The third-order valence-electron chi connectivity index (χ3n) is 1.76. The van der Waals surface area contributed by atoms with E-state index < -0.39 is 5.97 Å². The molecule has 0 saturated heterocycles. The molecule has 0 aliphatic heterocycles. The maximum absolute atomic E-state index is 11.6. The number of esters is 1. The zero-order valence-electron chi connectivity index (χ0n) is 9.19. The summed E-state index contributed by atoms with van der Waals surface area (Å²) in [5.41, 5.74) is 3.19. The number of allylic oxidation sites excluding steroid dienone is 1. The van der Waals surface area contributed by atoms with Crippen LogP contribution in [-0.4, -0.2) is 11.8 Å². The highest BCUT2D eigenvalue weighted by molar-refractivity contribution is 6.04. The van der Waals surface area contributed by atoms with E-state index in [1.807, 2.05) is 6.07 Å². The molecule has 0 N–H and O–H groups in total. The Kier molecular flexibility index (Phi) is 4.25. The Morgan fingerprint density at radius 1 is 1.19 bits per heavy atom. The van der Waals surface area contributed by atoms with Crippen molar-refractivity contribution in [1.82, 2.24) is 0 Å². The SMILES string of the molecule is CC(=O)OC(C)=C=CC(=O)c1ccccc1. The minimum Gasteiger partial charge on any atom is -0.423 e. The molecule has 0 amide bonds. The second-order valence-electron chi connectivity index (χ2n) is 3.17. The fourth-order valence-corrected chi connectivity index (χ4v) is 1.10. The first-order valence-corrected chi connectivity index (χ1v) is 4.80. The van der Waals surface area contributed by atoms with E-state index in [0.29, 0.717) is 5.56 Å². The number of ether oxygens (including phenoxy) is 1. The van der Waals surface area contributed by atoms with E-state index >= 15 is 0 Å². The zero-order chi connectivity index (χ0) is 12.0. The van der Waals surface area contributed by atoms with Gasteiger partial charge in [0.25, 0.3) is 0 Å². The van der Waals surface area contributed by atoms with E-state index in [9.17, 15) is 9.59 Å². The van der Waals surface area contributed by atoms with Crippen molar-refractivity contribution >= 4 is 11.8 Å². The van der Waals surface area contributed by atoms with Crippen molar-refractivity contribution < 1.29 is 14.3 Å². The quantitative estimate of drug-likeness (QED) is 0.256. The van der Waals surface area contributed by atoms with Crippen LogP contribution < -0.4 is 0 Å². The van der Waals surface area contributed by atoms with Crippen molar-refractivity contribution in [2.45, 2.75) is 13.8 Å². The lowest BCUT2D eigenvalue weighted by atomic mass is 10.1. The van der Waals surface area contributed by atoms with Crippen LogP contribution in [0.4, 0.5) is 0 Å². The van der Waals surface area contributed by atoms with Crippen molar-refractivity contribution in [1.29, 1.82) is 0 Å². The van der Waals surface area contributed by atoms with Crippen molar-refractivity contribution in [2.75, 3.05) is 0 Å². The van der Waals surface area contributed by atoms with Crippen LogP contribution >= 0.6 is 0 Å². The monoisotopic (exact) mass is 216 g/mol. The number of hydrogen-bond donors (Lipinski definition) is 0. The number of carbonyl (C=O) groups excluding carboxylic acids is 2. The topological polar surface area (TPSA) is 43.4 Å². The second kappa shape index (κ2) is 5.69. The fourth-order valence-electron chi connectivity index (χ4n) is 1.10. The Labute approximate surface area is 94.0 Å². The average Bonchev–Trinajstić information content (AvgIpc) is 2.26. The van der Waals surface area contributed by atoms with Gasteiger partial charge in [-0.15, -0.1) is 0 Å². The smallest absolute Gasteiger partial charge is 0.308 e. The lowest BCUT2D eigenvalue weighted by Gasteiger charge is -1.95. The normalized spacial score (nSPS) is 8.88. The van der Waals surface area contributed by atoms with Crippen LogP contribution in [-0.2, 0) is 9.53 Å². The highest BCUT2D eigenvalue weighted by atomic mass is 16.5. The molecule has 16 heavy (non-hydrogen) atoms. The fraction of sp³-hybridized carbons (Fsp3) is 0.154. The highest BCUT2D eigenvalue weighted by Crippen LogP contribution is 2.01. The molecule has 0 atom stereocenters. The molecule has 0 aliphatic carbocycles. The van der Waals surface area contributed by atoms with Crippen molar-refractivity contribution in [2.24, 2.45) is 0 Å². The number of benzene rings is 1. The van der Waals surface area contributed by atoms with Crippen LogP contribution in [0.5, 0.6) is 0 Å². The van der Waals surface area contributed by atoms with Gasteiger partial charge in [0.2, 0.25) is 0 Å². The van der Waals surface area contributed by atoms with Crippen LogP contribution in [0.25, 0.3) is 0 Å². The summed E-state index contributed by atoms with van der Waals surface area (Å²) in [5, 5.41) is 0. The van der Waals surface area contributed by atoms with Gasteiger partial charge in [-0.05, 0) is 0 Å². The lowest BCUT2D eigenvalue weighted by molar-refractivity contribution is -0.136. The van der Waals surface area contributed by atoms with Gasteiger partial charge >= 0.3 is 5.97 Å². The molecule has 0 unspecified atom stereocenters. The predicted octanol–water partition coefficient (Wildman–Crippen LogP) is 2.49. The number of hydrogen-bond acceptors (Lipinski definition) is 3. The molecule has 1 rings (SSSR count). The molecule has 3 heteroatoms. The molecule has 0 saturated carbocycles. The Morgan fingerprint density at radius 2 is 1.81 bits per heavy atom. The van der Waals surface area contributed by atoms with Gasteiger partial charge in [-0.1, -0.05) is 36.1 Å². The van der Waals surface area contributed by atoms with Crippen LogP contribution in [0.15, 0.2) is 47.9 Å². The molecular weight excluding hydrogens is 204 g/mol. The molecule has 1 aromatic carbocycles. The van der Waals surface area contributed by atoms with Crippen LogP contribution in [0.2, 0.25) is 0 Å². The molecular formula is C13H12O3. The van der Waals surface area contributed by atoms with Gasteiger partial charge in [-0.3, -0.25) is 9.59 Å². The molecule has 82 valence electrons. The Balaban J connectivity index is 2.78. The molecule has 0 heterocycles. The third kappa shape index (κ3) is 3.95. The van der Waals surface area contributed by atoms with E-state index in [2.05, 4.69) is 5.73 Å². The first-order chi connectivity index (χ1) is 7.59. The minimum atomic E-state index is -0.425. The summed E-state index contributed by atoms with van der Waals surface area (Å²) in [6, 6.07) is 8.82. The van der Waals surface area contributed by atoms with Gasteiger partial charge < -0.3 is 4.74 Å². The summed E-state index contributed by atoms with van der Waals surface area (Å²) < 4.78 is 4.72. The van der Waals surface area contributed by atoms with Crippen molar-refractivity contribution in [3.8, 4) is 0 Å². The number of ketones is 1. The average molecular weight is 216 g/mol. The second-order valence-corrected chi connectivity index (χ2v) is 3.17. The van der Waals surface area contributed by atoms with Crippen molar-refractivity contribution in [3.05, 3.63) is 53.5 Å². The molecule has 0 aliphatic rings. The largest absolute Gasteiger partial charge is 0.423 e. The van der Waals surface area contributed by atoms with E-state index in [-0.39, 0.29) is 11.5 Å². The maximum atomic E-state index is 11.6. The van der Waals surface area contributed by atoms with Gasteiger partial charge in [-0.2, -0.15) is 0 Å². The first kappa shape index (κ1) is 12.0. The summed E-state index contributed by atoms with van der Waals surface area (Å²) in [4.78, 5) is 22.1. The molecule has 0 spiro atoms. The van der Waals surface area contributed by atoms with E-state index in [4.69, 9.17) is 4.74 Å². The van der Waals surface area contributed by atoms with Crippen LogP contribution in [0.3, 0.4) is 0 Å². The molecule has 3 nitrogen and oxygen atoms in total. The molecule has 0 bridgehead atoms. The van der Waals surface area contributed by atoms with Gasteiger partial charge in [0, 0.05) is 25.5 Å². The van der Waals surface area contributed by atoms with Gasteiger partial charge in [-0.25, -0.2) is 0 Å². The standard InChI is InChI=1S/C13H12O3/c1-10(16-11(2)14)8-9-13(15)12-6-4-3-5-7-12/h3-7,9H,1-2H3. The molecule has 0 aromatic heterocycles. The predicted molar refractivity (Wildman–Crippen MR) is 59.8 cm³/mol. The molecule has 0 radical (unpaired) electrons. The van der Waals surface area contributed by atoms with Crippen molar-refractivity contribution in [3.63, 3.8) is 0 Å². The summed E-state index contributed by atoms with van der Waals surface area (Å²) in [6.07, 6.45) is 1.26. The Bertz CT molecular complexity index is 451. The number of carbonyl (C=O) groups is 2. The van der Waals surface area contributed by atoms with Crippen LogP contribution in [0.1, 0.15) is 24.2 Å². The zero-order valence-corrected chi connectivity index (χ0v) is 9.19. The lowest BCUT2D eigenvalue weighted by Crippen LogP contribution is -1.95. The first-order valence-electron chi connectivity index (χ1n) is 4.80. The van der Waals surface area contributed by atoms with E-state index in [1.165, 1.54) is 13.0 Å². The molecule has 0 fully saturated rings. The van der Waals surface area contributed by atoms with Gasteiger partial charge in [0.05, 0.1) is 0 Å². The summed E-state index contributed by atoms with van der Waals surface area (Å²) in [5.74, 6) is -0.325. The Hall–Kier alpha value is -2.12. The molecule has 1 aromatic rings. The van der Waals surface area contributed by atoms with E-state index in [1.54, 1.807) is 31.2 Å². The summed E-state index contributed by atoms with van der Waals surface area (Å²) in [6.45, 7) is 2.86. The third-order valence-corrected chi connectivity index (χ3v) is 1.76. The highest BCUT2D eigenvalue weighted by Gasteiger charge is 1.99. The van der Waals surface area contributed by atoms with Gasteiger partial charge in [0.1, 0.15) is 5.76 Å². The number of rotatable bonds is 3. The Morgan fingerprint density at radius 3 is 2.38 bits per heavy atom. The van der Waals surface area contributed by atoms with Gasteiger partial charge in [0.15, 0.2) is 5.78 Å².